The van der Waals surface area contributed by atoms with Crippen molar-refractivity contribution in [2.45, 2.75) is 102 Å². The molecule has 4 aromatic rings. The molecule has 1 aliphatic carbocycles. The number of ether oxygens (including phenoxy) is 1. The van der Waals surface area contributed by atoms with Crippen molar-refractivity contribution in [2.24, 2.45) is 0 Å². The summed E-state index contributed by atoms with van der Waals surface area (Å²) in [6.07, 6.45) is 8.88. The predicted octanol–water partition coefficient (Wildman–Crippen LogP) is 7.85. The van der Waals surface area contributed by atoms with Gasteiger partial charge in [-0.15, -0.1) is 0 Å². The maximum atomic E-state index is 14.9. The van der Waals surface area contributed by atoms with Crippen molar-refractivity contribution in [3.05, 3.63) is 89.0 Å². The van der Waals surface area contributed by atoms with Crippen molar-refractivity contribution in [2.75, 3.05) is 25.5 Å². The van der Waals surface area contributed by atoms with Crippen LogP contribution < -0.4 is 15.4 Å². The number of nitrogens with one attached hydrogen (secondary N) is 2. The third-order valence-corrected chi connectivity index (χ3v) is 10.3. The number of rotatable bonds is 8. The van der Waals surface area contributed by atoms with Gasteiger partial charge in [0.25, 0.3) is 18.2 Å². The monoisotopic (exact) mass is 732 g/mol. The lowest BCUT2D eigenvalue weighted by Crippen LogP contribution is -2.49. The van der Waals surface area contributed by atoms with Gasteiger partial charge in [0.15, 0.2) is 0 Å². The average Bonchev–Trinajstić information content (AvgIpc) is 3.57. The zero-order chi connectivity index (χ0) is 37.7. The molecule has 0 radical (unpaired) electrons. The molecule has 3 aliphatic rings. The van der Waals surface area contributed by atoms with Gasteiger partial charge >= 0.3 is 0 Å². The molecule has 1 aromatic carbocycles. The number of aromatic nitrogens is 3. The number of piperidine rings is 2. The minimum atomic E-state index is -2.71. The first-order valence-electron chi connectivity index (χ1n) is 18.5. The molecule has 1 saturated carbocycles. The van der Waals surface area contributed by atoms with Crippen molar-refractivity contribution in [3.8, 4) is 5.75 Å². The summed E-state index contributed by atoms with van der Waals surface area (Å²) >= 11 is 0. The summed E-state index contributed by atoms with van der Waals surface area (Å²) in [6, 6.07) is 13.1. The highest BCUT2D eigenvalue weighted by atomic mass is 19.3. The van der Waals surface area contributed by atoms with Gasteiger partial charge in [-0.3, -0.25) is 19.7 Å². The molecule has 282 valence electrons. The molecular formula is C40H47F3N6O4. The van der Waals surface area contributed by atoms with Crippen molar-refractivity contribution in [3.63, 3.8) is 0 Å². The van der Waals surface area contributed by atoms with Crippen LogP contribution in [0.2, 0.25) is 0 Å². The molecule has 0 spiro atoms. The first kappa shape index (κ1) is 38.0. The Hall–Kier alpha value is -4.78. The molecule has 1 atom stereocenters. The number of fused-ring (bicyclic) bond motifs is 1. The van der Waals surface area contributed by atoms with E-state index in [2.05, 4.69) is 27.6 Å². The summed E-state index contributed by atoms with van der Waals surface area (Å²) < 4.78 is 48.5. The maximum absolute atomic E-state index is 14.9. The summed E-state index contributed by atoms with van der Waals surface area (Å²) in [5, 5.41) is 4.70. The van der Waals surface area contributed by atoms with Crippen molar-refractivity contribution in [1.82, 2.24) is 24.6 Å². The first-order valence-corrected chi connectivity index (χ1v) is 18.5. The van der Waals surface area contributed by atoms with E-state index in [9.17, 15) is 27.6 Å². The van der Waals surface area contributed by atoms with Crippen LogP contribution >= 0.6 is 0 Å². The average molecular weight is 733 g/mol. The maximum Gasteiger partial charge on any atom is 0.280 e. The molecular weight excluding hydrogens is 685 g/mol. The Labute approximate surface area is 307 Å². The number of imidazole rings is 1. The number of alkyl halides is 3. The van der Waals surface area contributed by atoms with E-state index in [1.807, 2.05) is 36.6 Å². The topological polar surface area (TPSA) is 118 Å². The Morgan fingerprint density at radius 2 is 1.68 bits per heavy atom. The van der Waals surface area contributed by atoms with Gasteiger partial charge in [-0.05, 0) is 88.8 Å². The number of likely N-dealkylation sites (tertiary alicyclic amines) is 1. The van der Waals surface area contributed by atoms with Gasteiger partial charge in [0.1, 0.15) is 22.9 Å². The molecule has 53 heavy (non-hydrogen) atoms. The number of hydrogen-bond donors (Lipinski definition) is 2. The number of benzene rings is 1. The van der Waals surface area contributed by atoms with Crippen LogP contribution in [0.1, 0.15) is 123 Å². The summed E-state index contributed by atoms with van der Waals surface area (Å²) in [7, 11) is 2.12. The molecule has 3 fully saturated rings. The van der Waals surface area contributed by atoms with Crippen LogP contribution in [0.15, 0.2) is 60.9 Å². The fourth-order valence-electron chi connectivity index (χ4n) is 7.30. The van der Waals surface area contributed by atoms with Crippen LogP contribution in [0.3, 0.4) is 0 Å². The van der Waals surface area contributed by atoms with E-state index in [4.69, 9.17) is 9.72 Å². The minimum Gasteiger partial charge on any atom is -0.490 e. The number of nitrogens with zero attached hydrogens (tertiary/aromatic N) is 4. The number of halogens is 3. The van der Waals surface area contributed by atoms with E-state index in [1.165, 1.54) is 43.0 Å². The van der Waals surface area contributed by atoms with Crippen LogP contribution in [0.5, 0.6) is 5.75 Å². The Morgan fingerprint density at radius 3 is 2.34 bits per heavy atom. The van der Waals surface area contributed by atoms with Gasteiger partial charge in [-0.25, -0.2) is 23.1 Å². The Morgan fingerprint density at radius 1 is 0.962 bits per heavy atom. The van der Waals surface area contributed by atoms with Gasteiger partial charge < -0.3 is 19.4 Å². The second kappa shape index (κ2) is 16.5. The first-order chi connectivity index (χ1) is 25.4. The number of anilines is 1. The van der Waals surface area contributed by atoms with Crippen molar-refractivity contribution >= 4 is 29.2 Å². The molecule has 3 aromatic heterocycles. The lowest BCUT2D eigenvalue weighted by atomic mass is 9.84. The number of carbonyl (C=O) groups excluding carboxylic acids is 3. The smallest absolute Gasteiger partial charge is 0.280 e. The summed E-state index contributed by atoms with van der Waals surface area (Å²) in [6.45, 7) is 5.89. The molecule has 3 amide bonds. The van der Waals surface area contributed by atoms with Gasteiger partial charge in [0.05, 0.1) is 17.4 Å². The lowest BCUT2D eigenvalue weighted by Gasteiger charge is -2.30. The molecule has 5 heterocycles. The molecule has 2 N–H and O–H groups in total. The van der Waals surface area contributed by atoms with Crippen LogP contribution in [0, 0.1) is 0 Å². The normalized spacial score (nSPS) is 20.3. The molecule has 2 aliphatic heterocycles. The SMILES string of the molecule is CC(C)Oc1cc2nc(C3CCCCC3)cn2cc1C(=O)Nc1cccc(C(F)F)n1.CN1CCC(c2ccc(C3(F)CCC(=O)NC3=O)cc2)CC1. The molecule has 10 nitrogen and oxygen atoms in total. The lowest BCUT2D eigenvalue weighted by molar-refractivity contribution is -0.144. The van der Waals surface area contributed by atoms with E-state index < -0.39 is 35.5 Å². The zero-order valence-electron chi connectivity index (χ0n) is 30.4. The van der Waals surface area contributed by atoms with E-state index in [1.54, 1.807) is 24.4 Å². The second-order valence-corrected chi connectivity index (χ2v) is 14.6. The van der Waals surface area contributed by atoms with E-state index in [0.29, 0.717) is 28.8 Å². The second-order valence-electron chi connectivity index (χ2n) is 14.6. The van der Waals surface area contributed by atoms with E-state index in [-0.39, 0.29) is 30.3 Å². The largest absolute Gasteiger partial charge is 0.490 e. The van der Waals surface area contributed by atoms with Gasteiger partial charge in [-0.2, -0.15) is 0 Å². The fourth-order valence-corrected chi connectivity index (χ4v) is 7.30. The number of hydrogen-bond acceptors (Lipinski definition) is 7. The molecule has 2 saturated heterocycles. The summed E-state index contributed by atoms with van der Waals surface area (Å²) in [5.74, 6) is -0.330. The van der Waals surface area contributed by atoms with Crippen LogP contribution in [-0.2, 0) is 15.3 Å². The highest BCUT2D eigenvalue weighted by Gasteiger charge is 2.44. The summed E-state index contributed by atoms with van der Waals surface area (Å²) in [5.41, 5.74) is 1.10. The standard InChI is InChI=1S/C23H26F2N4O2.C17H21FN2O2/c1-14(2)31-19-11-21-27-18(15-7-4-3-5-8-15)13-29(21)12-16(19)23(30)28-20-10-6-9-17(26-20)22(24)25;1-20-10-7-13(8-11-20)12-2-4-14(5-3-12)17(18)9-6-15(21)19-16(17)22/h6,9-15,22H,3-5,7-8H2,1-2H3,(H,26,28,30);2-5,13H,6-11H2,1H3,(H,19,21,22). The third kappa shape index (κ3) is 9.06. The van der Waals surface area contributed by atoms with Crippen molar-refractivity contribution < 1.29 is 32.3 Å². The third-order valence-electron chi connectivity index (χ3n) is 10.3. The zero-order valence-corrected chi connectivity index (χ0v) is 30.4. The molecule has 1 unspecified atom stereocenters. The fraction of sp³-hybridized carbons (Fsp3) is 0.475. The molecule has 13 heteroatoms. The Bertz CT molecular complexity index is 1920. The number of amides is 3. The van der Waals surface area contributed by atoms with Gasteiger partial charge in [0.2, 0.25) is 11.6 Å². The Kier molecular flexibility index (Phi) is 11.8. The van der Waals surface area contributed by atoms with Gasteiger partial charge in [-0.1, -0.05) is 49.6 Å². The highest BCUT2D eigenvalue weighted by molar-refractivity contribution is 6.06. The highest BCUT2D eigenvalue weighted by Crippen LogP contribution is 2.36. The van der Waals surface area contributed by atoms with Gasteiger partial charge in [0, 0.05) is 37.2 Å². The number of imide groups is 1. The van der Waals surface area contributed by atoms with Crippen LogP contribution in [-0.4, -0.2) is 63.2 Å². The Balaban J connectivity index is 0.000000192. The molecule has 0 bridgehead atoms. The summed E-state index contributed by atoms with van der Waals surface area (Å²) in [4.78, 5) is 46.9. The van der Waals surface area contributed by atoms with E-state index in [0.717, 1.165) is 44.5 Å². The minimum absolute atomic E-state index is 0.0406. The van der Waals surface area contributed by atoms with Crippen molar-refractivity contribution in [1.29, 1.82) is 0 Å². The molecule has 7 rings (SSSR count). The number of carbonyl (C=O) groups is 3. The number of pyridine rings is 2. The van der Waals surface area contributed by atoms with Crippen LogP contribution in [0.4, 0.5) is 19.0 Å². The van der Waals surface area contributed by atoms with Crippen LogP contribution in [0.25, 0.3) is 5.65 Å². The van der Waals surface area contributed by atoms with E-state index >= 15 is 0 Å². The quantitative estimate of drug-likeness (QED) is 0.177. The predicted molar refractivity (Wildman–Crippen MR) is 195 cm³/mol.